The van der Waals surface area contributed by atoms with Crippen LogP contribution in [0.3, 0.4) is 0 Å². The Labute approximate surface area is 105 Å². The minimum atomic E-state index is 0.0957. The molecule has 17 heavy (non-hydrogen) atoms. The molecule has 96 valence electrons. The highest BCUT2D eigenvalue weighted by Crippen LogP contribution is 2.23. The van der Waals surface area contributed by atoms with Gasteiger partial charge in [0.15, 0.2) is 0 Å². The maximum absolute atomic E-state index is 5.93. The van der Waals surface area contributed by atoms with Gasteiger partial charge in [-0.05, 0) is 51.0 Å². The van der Waals surface area contributed by atoms with Crippen molar-refractivity contribution in [2.75, 3.05) is 23.8 Å². The van der Waals surface area contributed by atoms with Crippen molar-refractivity contribution in [1.29, 1.82) is 0 Å². The molecule has 3 heteroatoms. The average molecular weight is 236 g/mol. The van der Waals surface area contributed by atoms with Crippen LogP contribution in [0.2, 0.25) is 0 Å². The van der Waals surface area contributed by atoms with Crippen LogP contribution in [-0.4, -0.2) is 19.4 Å². The molecule has 0 aliphatic carbocycles. The van der Waals surface area contributed by atoms with Gasteiger partial charge in [-0.15, -0.1) is 0 Å². The van der Waals surface area contributed by atoms with Crippen LogP contribution in [-0.2, 0) is 11.2 Å². The second-order valence-electron chi connectivity index (χ2n) is 4.08. The highest BCUT2D eigenvalue weighted by molar-refractivity contribution is 5.58. The second kappa shape index (κ2) is 6.50. The Morgan fingerprint density at radius 2 is 2.00 bits per heavy atom. The van der Waals surface area contributed by atoms with Crippen molar-refractivity contribution in [3.63, 3.8) is 0 Å². The minimum absolute atomic E-state index is 0.0957. The number of aryl methyl sites for hydroxylation is 1. The van der Waals surface area contributed by atoms with E-state index in [2.05, 4.69) is 37.8 Å². The molecule has 0 fully saturated rings. The first-order chi connectivity index (χ1) is 8.13. The average Bonchev–Trinajstić information content (AvgIpc) is 2.32. The summed E-state index contributed by atoms with van der Waals surface area (Å²) in [5, 5.41) is 0. The molecule has 3 nitrogen and oxygen atoms in total. The van der Waals surface area contributed by atoms with Crippen molar-refractivity contribution in [3.8, 4) is 0 Å². The van der Waals surface area contributed by atoms with Crippen molar-refractivity contribution in [1.82, 2.24) is 0 Å². The van der Waals surface area contributed by atoms with Gasteiger partial charge < -0.3 is 15.4 Å². The molecule has 1 aromatic rings. The van der Waals surface area contributed by atoms with Crippen LogP contribution in [0.15, 0.2) is 18.2 Å². The van der Waals surface area contributed by atoms with E-state index >= 15 is 0 Å². The van der Waals surface area contributed by atoms with E-state index in [4.69, 9.17) is 10.5 Å². The van der Waals surface area contributed by atoms with E-state index in [1.807, 2.05) is 13.0 Å². The van der Waals surface area contributed by atoms with Gasteiger partial charge in [0, 0.05) is 24.5 Å². The number of rotatable bonds is 6. The molecule has 1 rings (SSSR count). The molecule has 0 amide bonds. The van der Waals surface area contributed by atoms with Crippen molar-refractivity contribution >= 4 is 11.4 Å². The largest absolute Gasteiger partial charge is 0.399 e. The van der Waals surface area contributed by atoms with Crippen LogP contribution in [0, 0.1) is 0 Å². The SMILES string of the molecule is CCOC(C)N(CC)c1ccc(N)c(CC)c1. The van der Waals surface area contributed by atoms with Crippen LogP contribution in [0.5, 0.6) is 0 Å². The molecule has 0 spiro atoms. The van der Waals surface area contributed by atoms with E-state index in [0.29, 0.717) is 0 Å². The lowest BCUT2D eigenvalue weighted by Gasteiger charge is -2.30. The summed E-state index contributed by atoms with van der Waals surface area (Å²) in [6.45, 7) is 10.0. The molecule has 0 aliphatic heterocycles. The summed E-state index contributed by atoms with van der Waals surface area (Å²) in [6.07, 6.45) is 1.05. The van der Waals surface area contributed by atoms with Crippen molar-refractivity contribution < 1.29 is 4.74 Å². The van der Waals surface area contributed by atoms with Gasteiger partial charge in [-0.2, -0.15) is 0 Å². The van der Waals surface area contributed by atoms with E-state index in [9.17, 15) is 0 Å². The van der Waals surface area contributed by atoms with Gasteiger partial charge in [-0.3, -0.25) is 0 Å². The van der Waals surface area contributed by atoms with Gasteiger partial charge in [-0.25, -0.2) is 0 Å². The third-order valence-electron chi connectivity index (χ3n) is 3.03. The summed E-state index contributed by atoms with van der Waals surface area (Å²) in [7, 11) is 0. The first-order valence-corrected chi connectivity index (χ1v) is 6.40. The lowest BCUT2D eigenvalue weighted by Crippen LogP contribution is -2.35. The summed E-state index contributed by atoms with van der Waals surface area (Å²) in [6, 6.07) is 6.21. The van der Waals surface area contributed by atoms with E-state index in [1.165, 1.54) is 11.3 Å². The maximum atomic E-state index is 5.93. The van der Waals surface area contributed by atoms with Gasteiger partial charge in [0.05, 0.1) is 0 Å². The summed E-state index contributed by atoms with van der Waals surface area (Å²) >= 11 is 0. The van der Waals surface area contributed by atoms with Gasteiger partial charge in [0.2, 0.25) is 0 Å². The fraction of sp³-hybridized carbons (Fsp3) is 0.571. The number of benzene rings is 1. The van der Waals surface area contributed by atoms with Crippen LogP contribution in [0.4, 0.5) is 11.4 Å². The fourth-order valence-electron chi connectivity index (χ4n) is 2.06. The van der Waals surface area contributed by atoms with Crippen LogP contribution < -0.4 is 10.6 Å². The van der Waals surface area contributed by atoms with Gasteiger partial charge in [0.1, 0.15) is 6.23 Å². The Morgan fingerprint density at radius 3 is 2.53 bits per heavy atom. The molecular formula is C14H24N2O. The first kappa shape index (κ1) is 13.8. The summed E-state index contributed by atoms with van der Waals surface area (Å²) in [5.74, 6) is 0. The Balaban J connectivity index is 2.95. The zero-order valence-corrected chi connectivity index (χ0v) is 11.4. The molecule has 0 saturated heterocycles. The minimum Gasteiger partial charge on any atom is -0.399 e. The predicted molar refractivity (Wildman–Crippen MR) is 74.3 cm³/mol. The maximum Gasteiger partial charge on any atom is 0.127 e. The summed E-state index contributed by atoms with van der Waals surface area (Å²) in [5.41, 5.74) is 9.18. The van der Waals surface area contributed by atoms with E-state index < -0.39 is 0 Å². The normalized spacial score (nSPS) is 12.5. The van der Waals surface area contributed by atoms with Gasteiger partial charge in [-0.1, -0.05) is 6.92 Å². The number of hydrogen-bond donors (Lipinski definition) is 1. The highest BCUT2D eigenvalue weighted by Gasteiger charge is 2.13. The number of nitrogen functional groups attached to an aromatic ring is 1. The topological polar surface area (TPSA) is 38.5 Å². The van der Waals surface area contributed by atoms with Gasteiger partial charge >= 0.3 is 0 Å². The monoisotopic (exact) mass is 236 g/mol. The predicted octanol–water partition coefficient (Wildman–Crippen LogP) is 3.04. The lowest BCUT2D eigenvalue weighted by molar-refractivity contribution is 0.0742. The third kappa shape index (κ3) is 3.37. The van der Waals surface area contributed by atoms with Crippen LogP contribution >= 0.6 is 0 Å². The van der Waals surface area contributed by atoms with Crippen LogP contribution in [0.1, 0.15) is 33.3 Å². The molecule has 0 bridgehead atoms. The molecule has 0 heterocycles. The number of anilines is 2. The fourth-order valence-corrected chi connectivity index (χ4v) is 2.06. The third-order valence-corrected chi connectivity index (χ3v) is 3.03. The smallest absolute Gasteiger partial charge is 0.127 e. The number of nitrogens with two attached hydrogens (primary N) is 1. The zero-order valence-electron chi connectivity index (χ0n) is 11.4. The van der Waals surface area contributed by atoms with Crippen molar-refractivity contribution in [3.05, 3.63) is 23.8 Å². The number of hydrogen-bond acceptors (Lipinski definition) is 3. The molecule has 2 N–H and O–H groups in total. The van der Waals surface area contributed by atoms with Crippen molar-refractivity contribution in [2.45, 2.75) is 40.3 Å². The van der Waals surface area contributed by atoms with E-state index in [0.717, 1.165) is 25.3 Å². The summed E-state index contributed by atoms with van der Waals surface area (Å²) in [4.78, 5) is 2.24. The quantitative estimate of drug-likeness (QED) is 0.609. The Morgan fingerprint density at radius 1 is 1.29 bits per heavy atom. The first-order valence-electron chi connectivity index (χ1n) is 6.40. The second-order valence-corrected chi connectivity index (χ2v) is 4.08. The Hall–Kier alpha value is -1.22. The molecule has 0 aromatic heterocycles. The lowest BCUT2D eigenvalue weighted by atomic mass is 10.1. The van der Waals surface area contributed by atoms with Crippen LogP contribution in [0.25, 0.3) is 0 Å². The van der Waals surface area contributed by atoms with Crippen molar-refractivity contribution in [2.24, 2.45) is 0 Å². The van der Waals surface area contributed by atoms with E-state index in [1.54, 1.807) is 0 Å². The zero-order chi connectivity index (χ0) is 12.8. The Bertz CT molecular complexity index is 352. The molecule has 0 radical (unpaired) electrons. The highest BCUT2D eigenvalue weighted by atomic mass is 16.5. The molecular weight excluding hydrogens is 212 g/mol. The molecule has 1 unspecified atom stereocenters. The molecule has 1 atom stereocenters. The standard InChI is InChI=1S/C14H24N2O/c1-5-12-10-13(8-9-14(12)15)16(6-2)11(4)17-7-3/h8-11H,5-7,15H2,1-4H3. The number of ether oxygens (including phenoxy) is 1. The summed E-state index contributed by atoms with van der Waals surface area (Å²) < 4.78 is 5.65. The number of nitrogens with zero attached hydrogens (tertiary/aromatic N) is 1. The Kier molecular flexibility index (Phi) is 5.29. The molecule has 1 aromatic carbocycles. The van der Waals surface area contributed by atoms with Gasteiger partial charge in [0.25, 0.3) is 0 Å². The molecule has 0 aliphatic rings. The molecule has 0 saturated carbocycles. The van der Waals surface area contributed by atoms with E-state index in [-0.39, 0.29) is 6.23 Å².